The summed E-state index contributed by atoms with van der Waals surface area (Å²) < 4.78 is 0. The van der Waals surface area contributed by atoms with Crippen LogP contribution in [0.4, 0.5) is 0 Å². The minimum Gasteiger partial charge on any atom is -0.508 e. The third-order valence-corrected chi connectivity index (χ3v) is 13.2. The maximum Gasteiger partial charge on any atom is 0.243 e. The van der Waals surface area contributed by atoms with Crippen LogP contribution in [0.5, 0.6) is 5.75 Å². The van der Waals surface area contributed by atoms with Gasteiger partial charge in [-0.1, -0.05) is 52.3 Å². The normalized spacial score (nSPS) is 20.9. The lowest BCUT2D eigenvalue weighted by molar-refractivity contribution is -0.142. The second-order valence-electron chi connectivity index (χ2n) is 17.6. The smallest absolute Gasteiger partial charge is 0.243 e. The van der Waals surface area contributed by atoms with Gasteiger partial charge in [0.1, 0.15) is 29.9 Å². The summed E-state index contributed by atoms with van der Waals surface area (Å²) in [4.78, 5) is 149. The first-order valence-electron chi connectivity index (χ1n) is 23.2. The Labute approximate surface area is 420 Å². The molecule has 25 heteroatoms. The second-order valence-corrected chi connectivity index (χ2v) is 19.8. The molecule has 1 aromatic carbocycles. The second kappa shape index (κ2) is 29.7. The zero-order valence-electron chi connectivity index (χ0n) is 40.3. The molecule has 0 spiro atoms. The lowest BCUT2D eigenvalue weighted by atomic mass is 9.94. The Morgan fingerprint density at radius 2 is 1.54 bits per heavy atom. The van der Waals surface area contributed by atoms with Crippen LogP contribution in [0.25, 0.3) is 0 Å². The van der Waals surface area contributed by atoms with Crippen LogP contribution in [-0.2, 0) is 65.7 Å². The van der Waals surface area contributed by atoms with Gasteiger partial charge in [0.25, 0.3) is 0 Å². The van der Waals surface area contributed by atoms with E-state index in [1.165, 1.54) is 40.1 Å². The van der Waals surface area contributed by atoms with Crippen LogP contribution in [0, 0.1) is 11.8 Å². The summed E-state index contributed by atoms with van der Waals surface area (Å²) in [6, 6.07) is 0.934. The maximum atomic E-state index is 14.7. The lowest BCUT2D eigenvalue weighted by Gasteiger charge is -2.30. The van der Waals surface area contributed by atoms with E-state index in [0.29, 0.717) is 16.9 Å². The number of aromatic hydroxyl groups is 1. The summed E-state index contributed by atoms with van der Waals surface area (Å²) in [5, 5.41) is 24.5. The predicted molar refractivity (Wildman–Crippen MR) is 263 cm³/mol. The summed E-state index contributed by atoms with van der Waals surface area (Å²) in [6.45, 7) is 5.87. The number of amides is 9. The number of phenolic OH excluding ortho intramolecular Hbond substituents is 1. The minimum absolute atomic E-state index is 0.0316. The number of hydrogen-bond acceptors (Lipinski definition) is 16. The van der Waals surface area contributed by atoms with E-state index in [1.54, 1.807) is 43.5 Å². The van der Waals surface area contributed by atoms with Gasteiger partial charge >= 0.3 is 0 Å². The van der Waals surface area contributed by atoms with Crippen molar-refractivity contribution in [2.75, 3.05) is 24.6 Å². The Morgan fingerprint density at radius 3 is 2.14 bits per heavy atom. The summed E-state index contributed by atoms with van der Waals surface area (Å²) >= 11 is 2.49. The first-order valence-corrected chi connectivity index (χ1v) is 25.2. The predicted octanol–water partition coefficient (Wildman–Crippen LogP) is -1.70. The van der Waals surface area contributed by atoms with Crippen molar-refractivity contribution in [1.29, 1.82) is 0 Å². The third kappa shape index (κ3) is 20.8. The molecule has 2 heterocycles. The summed E-state index contributed by atoms with van der Waals surface area (Å²) in [5.41, 5.74) is 22.1. The highest BCUT2D eigenvalue weighted by Crippen LogP contribution is 2.18. The minimum atomic E-state index is -1.75. The molecule has 3 rings (SSSR count). The fourth-order valence-corrected chi connectivity index (χ4v) is 8.91. The van der Waals surface area contributed by atoms with Crippen LogP contribution in [0.2, 0.25) is 0 Å². The van der Waals surface area contributed by atoms with Gasteiger partial charge in [0.15, 0.2) is 0 Å². The van der Waals surface area contributed by atoms with Crippen molar-refractivity contribution in [3.05, 3.63) is 52.2 Å². The highest BCUT2D eigenvalue weighted by molar-refractivity contribution is 7.99. The molecule has 0 bridgehead atoms. The van der Waals surface area contributed by atoms with Crippen LogP contribution < -0.4 is 54.6 Å². The van der Waals surface area contributed by atoms with Gasteiger partial charge in [-0.05, 0) is 66.0 Å². The molecule has 1 aromatic heterocycles. The first-order chi connectivity index (χ1) is 33.6. The fourth-order valence-electron chi connectivity index (χ4n) is 7.22. The maximum absolute atomic E-state index is 14.7. The Hall–Kier alpha value is -6.44. The highest BCUT2D eigenvalue weighted by Gasteiger charge is 2.38. The Balaban J connectivity index is 2.07. The van der Waals surface area contributed by atoms with Gasteiger partial charge < -0.3 is 53.8 Å². The molecule has 390 valence electrons. The van der Waals surface area contributed by atoms with Gasteiger partial charge in [0, 0.05) is 29.9 Å². The molecule has 2 aromatic rings. The quantitative estimate of drug-likeness (QED) is 0.0659. The Bertz CT molecular complexity index is 2200. The molecule has 0 radical (unpaired) electrons. The number of hydrazine groups is 1. The van der Waals surface area contributed by atoms with Crippen molar-refractivity contribution in [2.45, 2.75) is 122 Å². The summed E-state index contributed by atoms with van der Waals surface area (Å²) in [7, 11) is 0. The van der Waals surface area contributed by atoms with E-state index in [9.17, 15) is 57.8 Å². The van der Waals surface area contributed by atoms with E-state index in [1.807, 2.05) is 13.8 Å². The van der Waals surface area contributed by atoms with E-state index in [4.69, 9.17) is 17.2 Å². The average molecular weight is 1030 g/mol. The number of rotatable bonds is 20. The van der Waals surface area contributed by atoms with Crippen LogP contribution in [0.3, 0.4) is 0 Å². The summed E-state index contributed by atoms with van der Waals surface area (Å²) in [6.07, 6.45) is -1.13. The number of nitrogens with one attached hydrogen (secondary N) is 7. The Kier molecular flexibility index (Phi) is 24.6. The largest absolute Gasteiger partial charge is 0.508 e. The standard InChI is InChI=1S/C46H67N11O12S2/c1-5-26(4)40-45(68)53-30(14-15-35(47)59)41(64)42(65)31(20-36(48)60)55-56-34(24-70-16-7-9-38(62)51-33(44(67)54-40)19-27-10-12-28(58)13-11-27)46(69)57(22-29-8-6-17-71-29)23-39(63)52-32(18-25(2)3)43(66)50-21-37(49)61/h6,8,10-13,17,25-26,30-34,40,55-56,58H,5,7,9,14-16,18-24H2,1-4H3,(H2,47,59)(H2,48,60)(H2,49,61)(H,50,66)(H,51,62)(H,52,63)(H,53,68)(H,54,67)/t26-,30-,31-,32-,33-,34-,40-/m0/s1. The number of thioether (sulfide) groups is 1. The number of nitrogens with two attached hydrogens (primary N) is 3. The number of hydrogen-bond donors (Lipinski definition) is 11. The van der Waals surface area contributed by atoms with Gasteiger partial charge in [0.2, 0.25) is 64.7 Å². The van der Waals surface area contributed by atoms with E-state index >= 15 is 0 Å². The van der Waals surface area contributed by atoms with Crippen molar-refractivity contribution in [3.8, 4) is 5.75 Å². The van der Waals surface area contributed by atoms with E-state index in [2.05, 4.69) is 37.4 Å². The molecule has 71 heavy (non-hydrogen) atoms. The molecular weight excluding hydrogens is 963 g/mol. The van der Waals surface area contributed by atoms with Crippen LogP contribution >= 0.6 is 23.1 Å². The van der Waals surface area contributed by atoms with Gasteiger partial charge in [0.05, 0.1) is 38.1 Å². The fraction of sp³-hybridized carbons (Fsp3) is 0.543. The van der Waals surface area contributed by atoms with Gasteiger partial charge in [-0.3, -0.25) is 52.7 Å². The number of nitrogens with zero attached hydrogens (tertiary/aromatic N) is 1. The SMILES string of the molecule is CC[C@H](C)[C@@H]1NC(=O)[C@H](Cc2ccc(O)cc2)NC(=O)CCCSC[C@@H](C(=O)N(CC(=O)N[C@@H](CC(C)C)C(=O)NCC(N)=O)Cc2cccs2)NN[C@@H](CC(N)=O)C(=O)C(=O)[C@H](CCC(N)=O)NC1=O. The number of carbonyl (C=O) groups is 11. The van der Waals surface area contributed by atoms with Gasteiger partial charge in [-0.25, -0.2) is 10.9 Å². The van der Waals surface area contributed by atoms with Crippen molar-refractivity contribution < 1.29 is 57.8 Å². The molecule has 7 atom stereocenters. The van der Waals surface area contributed by atoms with Crippen molar-refractivity contribution in [1.82, 2.24) is 42.3 Å². The van der Waals surface area contributed by atoms with Crippen LogP contribution in [0.1, 0.15) is 83.1 Å². The number of thiophene rings is 1. The zero-order valence-corrected chi connectivity index (χ0v) is 41.9. The lowest BCUT2D eigenvalue weighted by Crippen LogP contribution is -2.61. The number of primary amides is 3. The molecule has 1 fully saturated rings. The van der Waals surface area contributed by atoms with Gasteiger partial charge in [-0.2, -0.15) is 11.8 Å². The van der Waals surface area contributed by atoms with Crippen molar-refractivity contribution in [3.63, 3.8) is 0 Å². The number of Topliss-reactive ketones (excluding diaryl/α,β-unsaturated/α-hetero) is 2. The number of carbonyl (C=O) groups excluding carboxylic acids is 11. The average Bonchev–Trinajstić information content (AvgIpc) is 3.83. The molecule has 0 aliphatic carbocycles. The van der Waals surface area contributed by atoms with E-state index < -0.39 is 139 Å². The molecule has 0 unspecified atom stereocenters. The molecule has 1 aliphatic rings. The highest BCUT2D eigenvalue weighted by atomic mass is 32.2. The van der Waals surface area contributed by atoms with E-state index in [0.717, 1.165) is 0 Å². The molecule has 9 amide bonds. The molecule has 1 aliphatic heterocycles. The topological polar surface area (TPSA) is 374 Å². The molecule has 1 saturated heterocycles. The third-order valence-electron chi connectivity index (χ3n) is 11.2. The van der Waals surface area contributed by atoms with Crippen molar-refractivity contribution >= 4 is 87.8 Å². The monoisotopic (exact) mass is 1030 g/mol. The van der Waals surface area contributed by atoms with Crippen LogP contribution in [0.15, 0.2) is 41.8 Å². The number of ketones is 2. The number of benzene rings is 1. The Morgan fingerprint density at radius 1 is 0.845 bits per heavy atom. The zero-order chi connectivity index (χ0) is 52.8. The molecule has 0 saturated carbocycles. The number of phenols is 1. The first kappa shape index (κ1) is 58.9. The van der Waals surface area contributed by atoms with Crippen molar-refractivity contribution in [2.24, 2.45) is 29.0 Å². The van der Waals surface area contributed by atoms with E-state index in [-0.39, 0.29) is 55.4 Å². The molecule has 14 N–H and O–H groups in total. The molecular formula is C46H67N11O12S2. The summed E-state index contributed by atoms with van der Waals surface area (Å²) in [5.74, 6) is -10.1. The molecule has 23 nitrogen and oxygen atoms in total. The van der Waals surface area contributed by atoms with Gasteiger partial charge in [-0.15, -0.1) is 11.3 Å². The van der Waals surface area contributed by atoms with Crippen LogP contribution in [-0.4, -0.2) is 136 Å².